The van der Waals surface area contributed by atoms with E-state index in [1.807, 2.05) is 0 Å². The molecule has 1 unspecified atom stereocenters. The van der Waals surface area contributed by atoms with E-state index in [-0.39, 0.29) is 11.9 Å². The van der Waals surface area contributed by atoms with Crippen LogP contribution in [-0.4, -0.2) is 12.6 Å². The summed E-state index contributed by atoms with van der Waals surface area (Å²) in [5.41, 5.74) is 2.02. The zero-order chi connectivity index (χ0) is 13.0. The van der Waals surface area contributed by atoms with Crippen molar-refractivity contribution in [1.29, 1.82) is 0 Å². The predicted molar refractivity (Wildman–Crippen MR) is 74.5 cm³/mol. The molecule has 1 aromatic carbocycles. The van der Waals surface area contributed by atoms with Gasteiger partial charge in [0.15, 0.2) is 0 Å². The predicted octanol–water partition coefficient (Wildman–Crippen LogP) is 4.11. The number of rotatable bonds is 5. The lowest BCUT2D eigenvalue weighted by molar-refractivity contribution is 0.547. The summed E-state index contributed by atoms with van der Waals surface area (Å²) in [6, 6.07) is 5.10. The highest BCUT2D eigenvalue weighted by molar-refractivity contribution is 6.31. The molecule has 0 spiro atoms. The Labute approximate surface area is 113 Å². The van der Waals surface area contributed by atoms with Gasteiger partial charge < -0.3 is 5.32 Å². The molecule has 1 nitrogen and oxygen atoms in total. The number of halogens is 2. The van der Waals surface area contributed by atoms with Crippen LogP contribution in [0.4, 0.5) is 4.39 Å². The van der Waals surface area contributed by atoms with E-state index < -0.39 is 0 Å². The van der Waals surface area contributed by atoms with Crippen LogP contribution in [0, 0.1) is 5.82 Å². The maximum absolute atomic E-state index is 13.8. The van der Waals surface area contributed by atoms with Crippen molar-refractivity contribution in [3.8, 4) is 0 Å². The van der Waals surface area contributed by atoms with E-state index in [0.29, 0.717) is 17.0 Å². The van der Waals surface area contributed by atoms with E-state index in [0.717, 1.165) is 19.4 Å². The van der Waals surface area contributed by atoms with Crippen LogP contribution >= 0.6 is 11.6 Å². The molecule has 0 fully saturated rings. The maximum atomic E-state index is 13.8. The van der Waals surface area contributed by atoms with E-state index >= 15 is 0 Å². The average molecular weight is 268 g/mol. The van der Waals surface area contributed by atoms with Crippen LogP contribution in [0.3, 0.4) is 0 Å². The number of hydrogen-bond donors (Lipinski definition) is 1. The molecular weight excluding hydrogens is 249 g/mol. The zero-order valence-corrected chi connectivity index (χ0v) is 11.4. The van der Waals surface area contributed by atoms with E-state index in [4.69, 9.17) is 11.6 Å². The summed E-state index contributed by atoms with van der Waals surface area (Å²) in [5.74, 6) is -0.205. The first kappa shape index (κ1) is 13.6. The van der Waals surface area contributed by atoms with Crippen molar-refractivity contribution in [2.24, 2.45) is 0 Å². The first-order valence-corrected chi connectivity index (χ1v) is 6.95. The van der Waals surface area contributed by atoms with Crippen LogP contribution in [0.25, 0.3) is 0 Å². The Morgan fingerprint density at radius 2 is 2.28 bits per heavy atom. The summed E-state index contributed by atoms with van der Waals surface area (Å²) in [6.07, 6.45) is 6.38. The Morgan fingerprint density at radius 3 is 2.89 bits per heavy atom. The highest BCUT2D eigenvalue weighted by Gasteiger charge is 2.19. The van der Waals surface area contributed by atoms with Crippen molar-refractivity contribution in [3.63, 3.8) is 0 Å². The molecule has 0 heterocycles. The van der Waals surface area contributed by atoms with E-state index in [1.54, 1.807) is 12.1 Å². The Morgan fingerprint density at radius 1 is 1.44 bits per heavy atom. The fourth-order valence-corrected chi connectivity index (χ4v) is 2.76. The molecule has 1 aliphatic carbocycles. The van der Waals surface area contributed by atoms with Crippen molar-refractivity contribution in [2.75, 3.05) is 6.54 Å². The fraction of sp³-hybridized carbons (Fsp3) is 0.467. The first-order valence-electron chi connectivity index (χ1n) is 6.57. The molecule has 3 heteroatoms. The topological polar surface area (TPSA) is 12.0 Å². The van der Waals surface area contributed by atoms with Crippen LogP contribution < -0.4 is 5.32 Å². The third-order valence-electron chi connectivity index (χ3n) is 3.44. The molecule has 1 aliphatic rings. The molecule has 0 saturated heterocycles. The molecule has 1 aromatic rings. The van der Waals surface area contributed by atoms with Gasteiger partial charge in [0.05, 0.1) is 0 Å². The third-order valence-corrected chi connectivity index (χ3v) is 3.80. The normalized spacial score (nSPS) is 16.7. The molecule has 18 heavy (non-hydrogen) atoms. The van der Waals surface area contributed by atoms with Crippen molar-refractivity contribution < 1.29 is 4.39 Å². The Balaban J connectivity index is 2.18. The summed E-state index contributed by atoms with van der Waals surface area (Å²) >= 11 is 6.09. The second-order valence-electron chi connectivity index (χ2n) is 4.69. The Bertz CT molecular complexity index is 422. The molecule has 0 radical (unpaired) electrons. The minimum Gasteiger partial charge on any atom is -0.310 e. The fourth-order valence-electron chi connectivity index (χ4n) is 2.52. The van der Waals surface area contributed by atoms with Gasteiger partial charge in [-0.25, -0.2) is 4.39 Å². The average Bonchev–Trinajstić information content (AvgIpc) is 2.86. The van der Waals surface area contributed by atoms with Gasteiger partial charge in [0.2, 0.25) is 0 Å². The van der Waals surface area contributed by atoms with Gasteiger partial charge in [-0.15, -0.1) is 0 Å². The number of likely N-dealkylation sites (N-methyl/N-ethyl adjacent to an activating group) is 1. The highest BCUT2D eigenvalue weighted by atomic mass is 35.5. The minimum atomic E-state index is -0.205. The molecule has 98 valence electrons. The standard InChI is InChI=1S/C15H19ClFN/c1-2-18-15(11-6-3-4-7-11)10-12-13(16)8-5-9-14(12)17/h5-6,8-9,15,18H,2-4,7,10H2,1H3. The highest BCUT2D eigenvalue weighted by Crippen LogP contribution is 2.26. The molecule has 0 aromatic heterocycles. The molecule has 2 rings (SSSR count). The van der Waals surface area contributed by atoms with Gasteiger partial charge in [0, 0.05) is 16.6 Å². The van der Waals surface area contributed by atoms with Gasteiger partial charge in [-0.2, -0.15) is 0 Å². The summed E-state index contributed by atoms with van der Waals surface area (Å²) < 4.78 is 13.8. The van der Waals surface area contributed by atoms with Crippen LogP contribution in [0.15, 0.2) is 29.8 Å². The molecule has 1 N–H and O–H groups in total. The van der Waals surface area contributed by atoms with Crippen molar-refractivity contribution in [3.05, 3.63) is 46.3 Å². The molecular formula is C15H19ClFN. The summed E-state index contributed by atoms with van der Waals surface area (Å²) in [4.78, 5) is 0. The maximum Gasteiger partial charge on any atom is 0.127 e. The first-order chi connectivity index (χ1) is 8.72. The largest absolute Gasteiger partial charge is 0.310 e. The van der Waals surface area contributed by atoms with Crippen LogP contribution in [0.1, 0.15) is 31.7 Å². The minimum absolute atomic E-state index is 0.205. The van der Waals surface area contributed by atoms with E-state index in [1.165, 1.54) is 18.1 Å². The van der Waals surface area contributed by atoms with Crippen molar-refractivity contribution >= 4 is 11.6 Å². The van der Waals surface area contributed by atoms with Crippen molar-refractivity contribution in [2.45, 2.75) is 38.6 Å². The molecule has 1 atom stereocenters. The smallest absolute Gasteiger partial charge is 0.127 e. The molecule has 0 aliphatic heterocycles. The lowest BCUT2D eigenvalue weighted by Gasteiger charge is -2.20. The number of allylic oxidation sites excluding steroid dienone is 1. The monoisotopic (exact) mass is 267 g/mol. The van der Waals surface area contributed by atoms with E-state index in [9.17, 15) is 4.39 Å². The van der Waals surface area contributed by atoms with Crippen LogP contribution in [0.2, 0.25) is 5.02 Å². The Hall–Kier alpha value is -0.860. The molecule has 0 bridgehead atoms. The van der Waals surface area contributed by atoms with Crippen LogP contribution in [-0.2, 0) is 6.42 Å². The van der Waals surface area contributed by atoms with Gasteiger partial charge in [-0.05, 0) is 44.4 Å². The Kier molecular flexibility index (Phi) is 4.79. The lowest BCUT2D eigenvalue weighted by Crippen LogP contribution is -2.32. The number of benzene rings is 1. The van der Waals surface area contributed by atoms with Gasteiger partial charge in [0.25, 0.3) is 0 Å². The van der Waals surface area contributed by atoms with Gasteiger partial charge in [-0.1, -0.05) is 36.2 Å². The van der Waals surface area contributed by atoms with Crippen LogP contribution in [0.5, 0.6) is 0 Å². The summed E-state index contributed by atoms with van der Waals surface area (Å²) in [5, 5.41) is 3.96. The van der Waals surface area contributed by atoms with Gasteiger partial charge in [-0.3, -0.25) is 0 Å². The second kappa shape index (κ2) is 6.35. The number of nitrogens with one attached hydrogen (secondary N) is 1. The van der Waals surface area contributed by atoms with Gasteiger partial charge in [0.1, 0.15) is 5.82 Å². The van der Waals surface area contributed by atoms with E-state index in [2.05, 4.69) is 18.3 Å². The SMILES string of the molecule is CCNC(Cc1c(F)cccc1Cl)C1=CCCC1. The van der Waals surface area contributed by atoms with Crippen molar-refractivity contribution in [1.82, 2.24) is 5.32 Å². The quantitative estimate of drug-likeness (QED) is 0.792. The zero-order valence-electron chi connectivity index (χ0n) is 10.7. The number of hydrogen-bond acceptors (Lipinski definition) is 1. The summed E-state index contributed by atoms with van der Waals surface area (Å²) in [6.45, 7) is 2.96. The second-order valence-corrected chi connectivity index (χ2v) is 5.09. The molecule has 0 saturated carbocycles. The van der Waals surface area contributed by atoms with Gasteiger partial charge >= 0.3 is 0 Å². The summed E-state index contributed by atoms with van der Waals surface area (Å²) in [7, 11) is 0. The molecule has 0 amide bonds. The third kappa shape index (κ3) is 3.12. The lowest BCUT2D eigenvalue weighted by atomic mass is 9.98.